The molecule has 0 aromatic heterocycles. The van der Waals surface area contributed by atoms with Crippen molar-refractivity contribution in [3.63, 3.8) is 0 Å². The predicted molar refractivity (Wildman–Crippen MR) is 126 cm³/mol. The third kappa shape index (κ3) is 4.03. The molecule has 0 aliphatic carbocycles. The Bertz CT molecular complexity index is 1250. The molecule has 6 nitrogen and oxygen atoms in total. The molecule has 0 spiro atoms. The zero-order valence-corrected chi connectivity index (χ0v) is 18.1. The van der Waals surface area contributed by atoms with E-state index in [0.29, 0.717) is 16.9 Å². The molecule has 6 heteroatoms. The lowest BCUT2D eigenvalue weighted by atomic mass is 10.0. The van der Waals surface area contributed by atoms with Crippen LogP contribution in [0.25, 0.3) is 5.57 Å². The second-order valence-electron chi connectivity index (χ2n) is 7.73. The summed E-state index contributed by atoms with van der Waals surface area (Å²) >= 11 is 0. The molecule has 4 rings (SSSR count). The van der Waals surface area contributed by atoms with Gasteiger partial charge in [-0.05, 0) is 55.3 Å². The number of amides is 3. The minimum absolute atomic E-state index is 0.184. The zero-order valence-electron chi connectivity index (χ0n) is 18.1. The van der Waals surface area contributed by atoms with Gasteiger partial charge in [0, 0.05) is 18.3 Å². The number of hydrogen-bond donors (Lipinski definition) is 2. The summed E-state index contributed by atoms with van der Waals surface area (Å²) in [6.45, 7) is 5.38. The lowest BCUT2D eigenvalue weighted by Gasteiger charge is -2.15. The molecule has 3 amide bonds. The first kappa shape index (κ1) is 21.1. The number of nitrogens with zero attached hydrogens (tertiary/aromatic N) is 1. The Kier molecular flexibility index (Phi) is 5.60. The molecular formula is C26H23N3O3. The summed E-state index contributed by atoms with van der Waals surface area (Å²) in [6.07, 6.45) is 0. The van der Waals surface area contributed by atoms with Crippen LogP contribution in [0.15, 0.2) is 78.5 Å². The molecule has 3 aromatic carbocycles. The summed E-state index contributed by atoms with van der Waals surface area (Å²) in [5.41, 5.74) is 5.05. The van der Waals surface area contributed by atoms with Crippen LogP contribution in [0.4, 0.5) is 17.1 Å². The fourth-order valence-corrected chi connectivity index (χ4v) is 3.74. The minimum atomic E-state index is -0.415. The van der Waals surface area contributed by atoms with Crippen LogP contribution in [0.5, 0.6) is 0 Å². The Morgan fingerprint density at radius 3 is 2.16 bits per heavy atom. The molecule has 0 fully saturated rings. The second kappa shape index (κ2) is 8.51. The van der Waals surface area contributed by atoms with Crippen molar-refractivity contribution >= 4 is 40.4 Å². The van der Waals surface area contributed by atoms with Gasteiger partial charge in [0.15, 0.2) is 0 Å². The van der Waals surface area contributed by atoms with Gasteiger partial charge in [0.1, 0.15) is 5.70 Å². The van der Waals surface area contributed by atoms with Gasteiger partial charge in [-0.1, -0.05) is 48.0 Å². The summed E-state index contributed by atoms with van der Waals surface area (Å²) in [6, 6.07) is 21.6. The van der Waals surface area contributed by atoms with Crippen molar-refractivity contribution in [2.45, 2.75) is 20.8 Å². The molecule has 0 saturated heterocycles. The Hall–Kier alpha value is -4.19. The van der Waals surface area contributed by atoms with Gasteiger partial charge in [0.2, 0.25) is 5.91 Å². The van der Waals surface area contributed by atoms with Gasteiger partial charge in [0.25, 0.3) is 11.8 Å². The molecule has 160 valence electrons. The molecule has 1 aliphatic heterocycles. The highest BCUT2D eigenvalue weighted by Gasteiger charge is 2.40. The summed E-state index contributed by atoms with van der Waals surface area (Å²) in [7, 11) is 0. The van der Waals surface area contributed by atoms with Gasteiger partial charge in [-0.15, -0.1) is 0 Å². The maximum Gasteiger partial charge on any atom is 0.282 e. The van der Waals surface area contributed by atoms with Crippen LogP contribution in [-0.2, 0) is 14.4 Å². The highest BCUT2D eigenvalue weighted by molar-refractivity contribution is 6.46. The fraction of sp³-hybridized carbons (Fsp3) is 0.115. The highest BCUT2D eigenvalue weighted by Crippen LogP contribution is 2.34. The van der Waals surface area contributed by atoms with Crippen LogP contribution in [-0.4, -0.2) is 17.7 Å². The van der Waals surface area contributed by atoms with Gasteiger partial charge in [0.05, 0.1) is 11.3 Å². The number of nitrogens with one attached hydrogen (secondary N) is 2. The largest absolute Gasteiger partial charge is 0.350 e. The van der Waals surface area contributed by atoms with Crippen molar-refractivity contribution in [1.82, 2.24) is 0 Å². The van der Waals surface area contributed by atoms with E-state index in [4.69, 9.17) is 0 Å². The van der Waals surface area contributed by atoms with Crippen LogP contribution < -0.4 is 15.5 Å². The Labute approximate surface area is 186 Å². The molecule has 0 atom stereocenters. The summed E-state index contributed by atoms with van der Waals surface area (Å²) in [5.74, 6) is -1.00. The summed E-state index contributed by atoms with van der Waals surface area (Å²) < 4.78 is 0. The van der Waals surface area contributed by atoms with Crippen molar-refractivity contribution in [2.24, 2.45) is 0 Å². The molecule has 0 unspecified atom stereocenters. The van der Waals surface area contributed by atoms with E-state index in [9.17, 15) is 14.4 Å². The first-order chi connectivity index (χ1) is 15.3. The van der Waals surface area contributed by atoms with Crippen molar-refractivity contribution in [3.8, 4) is 0 Å². The SMILES string of the molecule is CC(=O)Nc1ccc(C2=C(Nc3ccc(C)cc3C)C(=O)N(c3ccccc3)C2=O)cc1. The molecule has 32 heavy (non-hydrogen) atoms. The van der Waals surface area contributed by atoms with Crippen LogP contribution in [0.1, 0.15) is 23.6 Å². The van der Waals surface area contributed by atoms with Crippen molar-refractivity contribution in [3.05, 3.63) is 95.2 Å². The number of carbonyl (C=O) groups excluding carboxylic acids is 3. The number of hydrogen-bond acceptors (Lipinski definition) is 4. The van der Waals surface area contributed by atoms with Crippen LogP contribution in [0, 0.1) is 13.8 Å². The van der Waals surface area contributed by atoms with Crippen LogP contribution >= 0.6 is 0 Å². The molecule has 1 heterocycles. The summed E-state index contributed by atoms with van der Waals surface area (Å²) in [5, 5.41) is 5.92. The fourth-order valence-electron chi connectivity index (χ4n) is 3.74. The average Bonchev–Trinajstić information content (AvgIpc) is 3.00. The van der Waals surface area contributed by atoms with Gasteiger partial charge >= 0.3 is 0 Å². The monoisotopic (exact) mass is 425 g/mol. The average molecular weight is 425 g/mol. The van der Waals surface area contributed by atoms with Crippen LogP contribution in [0.2, 0.25) is 0 Å². The first-order valence-electron chi connectivity index (χ1n) is 10.3. The maximum atomic E-state index is 13.5. The third-order valence-electron chi connectivity index (χ3n) is 5.23. The summed E-state index contributed by atoms with van der Waals surface area (Å²) in [4.78, 5) is 39.4. The number of anilines is 3. The van der Waals surface area contributed by atoms with E-state index in [1.807, 2.05) is 38.1 Å². The quantitative estimate of drug-likeness (QED) is 0.583. The number of carbonyl (C=O) groups is 3. The van der Waals surface area contributed by atoms with Crippen molar-refractivity contribution in [2.75, 3.05) is 15.5 Å². The van der Waals surface area contributed by atoms with E-state index < -0.39 is 11.8 Å². The maximum absolute atomic E-state index is 13.5. The van der Waals surface area contributed by atoms with E-state index in [1.54, 1.807) is 48.5 Å². The molecule has 3 aromatic rings. The smallest absolute Gasteiger partial charge is 0.282 e. The van der Waals surface area contributed by atoms with E-state index >= 15 is 0 Å². The van der Waals surface area contributed by atoms with E-state index in [1.165, 1.54) is 11.8 Å². The number of benzene rings is 3. The normalized spacial score (nSPS) is 13.5. The highest BCUT2D eigenvalue weighted by atomic mass is 16.2. The topological polar surface area (TPSA) is 78.5 Å². The van der Waals surface area contributed by atoms with Crippen molar-refractivity contribution < 1.29 is 14.4 Å². The Morgan fingerprint density at radius 1 is 0.844 bits per heavy atom. The van der Waals surface area contributed by atoms with E-state index in [2.05, 4.69) is 10.6 Å². The van der Waals surface area contributed by atoms with E-state index in [-0.39, 0.29) is 17.2 Å². The Morgan fingerprint density at radius 2 is 1.53 bits per heavy atom. The number of para-hydroxylation sites is 1. The first-order valence-corrected chi connectivity index (χ1v) is 10.3. The Balaban J connectivity index is 1.80. The zero-order chi connectivity index (χ0) is 22.8. The standard InChI is InChI=1S/C26H23N3O3/c1-16-9-14-22(17(2)15-16)28-24-23(19-10-12-20(13-11-19)27-18(3)30)25(31)29(26(24)32)21-7-5-4-6-8-21/h4-15,28H,1-3H3,(H,27,30). The molecule has 0 radical (unpaired) electrons. The van der Waals surface area contributed by atoms with Gasteiger partial charge < -0.3 is 10.6 Å². The second-order valence-corrected chi connectivity index (χ2v) is 7.73. The molecule has 0 saturated carbocycles. The molecule has 1 aliphatic rings. The minimum Gasteiger partial charge on any atom is -0.350 e. The number of rotatable bonds is 5. The van der Waals surface area contributed by atoms with E-state index in [0.717, 1.165) is 16.8 Å². The third-order valence-corrected chi connectivity index (χ3v) is 5.23. The lowest BCUT2D eigenvalue weighted by Crippen LogP contribution is -2.32. The van der Waals surface area contributed by atoms with Crippen molar-refractivity contribution in [1.29, 1.82) is 0 Å². The lowest BCUT2D eigenvalue weighted by molar-refractivity contribution is -0.120. The van der Waals surface area contributed by atoms with Gasteiger partial charge in [-0.25, -0.2) is 4.90 Å². The number of imide groups is 1. The predicted octanol–water partition coefficient (Wildman–Crippen LogP) is 4.66. The van der Waals surface area contributed by atoms with Gasteiger partial charge in [-0.2, -0.15) is 0 Å². The molecular weight excluding hydrogens is 402 g/mol. The molecule has 2 N–H and O–H groups in total. The van der Waals surface area contributed by atoms with Crippen LogP contribution in [0.3, 0.4) is 0 Å². The van der Waals surface area contributed by atoms with Gasteiger partial charge in [-0.3, -0.25) is 14.4 Å². The number of aryl methyl sites for hydroxylation is 2. The molecule has 0 bridgehead atoms.